The Kier molecular flexibility index (Phi) is 7.05. The van der Waals surface area contributed by atoms with Crippen molar-refractivity contribution in [1.29, 1.82) is 0 Å². The number of rotatable bonds is 5. The van der Waals surface area contributed by atoms with Crippen LogP contribution < -0.4 is 10.5 Å². The number of hydrogen-bond donors (Lipinski definition) is 1. The fourth-order valence-corrected chi connectivity index (χ4v) is 1.15. The van der Waals surface area contributed by atoms with Crippen LogP contribution >= 0.6 is 12.4 Å². The minimum absolute atomic E-state index is 0. The summed E-state index contributed by atoms with van der Waals surface area (Å²) in [5, 5.41) is 0. The zero-order valence-corrected chi connectivity index (χ0v) is 10.2. The van der Waals surface area contributed by atoms with Crippen LogP contribution in [0, 0.1) is 5.82 Å². The Hall–Kier alpha value is -0.840. The molecular formula is C11H17ClFNO2. The van der Waals surface area contributed by atoms with Gasteiger partial charge in [-0.2, -0.15) is 0 Å². The lowest BCUT2D eigenvalue weighted by molar-refractivity contribution is 0.144. The first kappa shape index (κ1) is 15.2. The Labute approximate surface area is 101 Å². The molecule has 0 amide bonds. The van der Waals surface area contributed by atoms with Gasteiger partial charge in [-0.05, 0) is 24.6 Å². The van der Waals surface area contributed by atoms with Crippen LogP contribution in [0.1, 0.15) is 18.5 Å². The topological polar surface area (TPSA) is 44.5 Å². The van der Waals surface area contributed by atoms with E-state index in [1.807, 2.05) is 0 Å². The third-order valence-corrected chi connectivity index (χ3v) is 2.03. The Morgan fingerprint density at radius 2 is 2.06 bits per heavy atom. The van der Waals surface area contributed by atoms with Crippen LogP contribution in [-0.4, -0.2) is 20.3 Å². The largest absolute Gasteiger partial charge is 0.488 e. The summed E-state index contributed by atoms with van der Waals surface area (Å²) in [5.41, 5.74) is 6.38. The third-order valence-electron chi connectivity index (χ3n) is 2.03. The van der Waals surface area contributed by atoms with E-state index in [1.54, 1.807) is 26.2 Å². The highest BCUT2D eigenvalue weighted by Gasteiger charge is 2.06. The molecule has 1 aromatic carbocycles. The number of ether oxygens (including phenoxy) is 2. The van der Waals surface area contributed by atoms with Crippen molar-refractivity contribution in [2.24, 2.45) is 5.73 Å². The number of nitrogens with two attached hydrogens (primary N) is 1. The van der Waals surface area contributed by atoms with Gasteiger partial charge in [0.25, 0.3) is 0 Å². The van der Waals surface area contributed by atoms with E-state index in [2.05, 4.69) is 0 Å². The van der Waals surface area contributed by atoms with Gasteiger partial charge in [-0.3, -0.25) is 0 Å². The molecule has 1 atom stereocenters. The third kappa shape index (κ3) is 4.35. The summed E-state index contributed by atoms with van der Waals surface area (Å²) >= 11 is 0. The molecule has 0 aliphatic heterocycles. The van der Waals surface area contributed by atoms with Gasteiger partial charge < -0.3 is 15.2 Å². The van der Waals surface area contributed by atoms with Gasteiger partial charge >= 0.3 is 0 Å². The van der Waals surface area contributed by atoms with Gasteiger partial charge in [0.15, 0.2) is 11.6 Å². The summed E-state index contributed by atoms with van der Waals surface area (Å²) in [5.74, 6) is -0.155. The molecule has 1 aromatic rings. The van der Waals surface area contributed by atoms with E-state index < -0.39 is 0 Å². The van der Waals surface area contributed by atoms with E-state index in [0.717, 1.165) is 5.56 Å². The standard InChI is InChI=1S/C11H16FNO2.ClH/c1-8(13)9-3-4-11(10(12)7-9)15-6-5-14-2;/h3-4,7-8H,5-6,13H2,1-2H3;1H. The van der Waals surface area contributed by atoms with Crippen molar-refractivity contribution in [2.45, 2.75) is 13.0 Å². The summed E-state index contributed by atoms with van der Waals surface area (Å²) in [6.07, 6.45) is 0. The summed E-state index contributed by atoms with van der Waals surface area (Å²) in [4.78, 5) is 0. The van der Waals surface area contributed by atoms with Crippen molar-refractivity contribution < 1.29 is 13.9 Å². The van der Waals surface area contributed by atoms with Gasteiger partial charge in [-0.1, -0.05) is 6.07 Å². The van der Waals surface area contributed by atoms with Crippen molar-refractivity contribution >= 4 is 12.4 Å². The maximum absolute atomic E-state index is 13.4. The van der Waals surface area contributed by atoms with Crippen LogP contribution in [0.2, 0.25) is 0 Å². The fraction of sp³-hybridized carbons (Fsp3) is 0.455. The first-order valence-electron chi connectivity index (χ1n) is 4.82. The average Bonchev–Trinajstić information content (AvgIpc) is 2.20. The smallest absolute Gasteiger partial charge is 0.165 e. The molecule has 16 heavy (non-hydrogen) atoms. The van der Waals surface area contributed by atoms with Crippen molar-refractivity contribution in [3.8, 4) is 5.75 Å². The molecular weight excluding hydrogens is 233 g/mol. The predicted molar refractivity (Wildman–Crippen MR) is 63.6 cm³/mol. The Bertz CT molecular complexity index is 321. The van der Waals surface area contributed by atoms with Gasteiger partial charge in [-0.25, -0.2) is 4.39 Å². The fourth-order valence-electron chi connectivity index (χ4n) is 1.15. The second-order valence-electron chi connectivity index (χ2n) is 3.32. The monoisotopic (exact) mass is 249 g/mol. The van der Waals surface area contributed by atoms with Gasteiger partial charge in [0.05, 0.1) is 6.61 Å². The molecule has 1 rings (SSSR count). The van der Waals surface area contributed by atoms with Gasteiger partial charge in [0.1, 0.15) is 6.61 Å². The second-order valence-corrected chi connectivity index (χ2v) is 3.32. The Morgan fingerprint density at radius 1 is 1.38 bits per heavy atom. The second kappa shape index (κ2) is 7.44. The lowest BCUT2D eigenvalue weighted by Crippen LogP contribution is -2.08. The molecule has 0 fully saturated rings. The van der Waals surface area contributed by atoms with Crippen LogP contribution in [0.4, 0.5) is 4.39 Å². The Balaban J connectivity index is 0.00000225. The Morgan fingerprint density at radius 3 is 2.56 bits per heavy atom. The van der Waals surface area contributed by atoms with Gasteiger partial charge in [0.2, 0.25) is 0 Å². The summed E-state index contributed by atoms with van der Waals surface area (Å²) in [7, 11) is 1.57. The highest BCUT2D eigenvalue weighted by atomic mass is 35.5. The first-order valence-corrected chi connectivity index (χ1v) is 4.82. The van der Waals surface area contributed by atoms with E-state index in [1.165, 1.54) is 6.07 Å². The quantitative estimate of drug-likeness (QED) is 0.815. The van der Waals surface area contributed by atoms with Crippen LogP contribution in [-0.2, 0) is 4.74 Å². The predicted octanol–water partition coefficient (Wildman–Crippen LogP) is 2.29. The molecule has 0 aromatic heterocycles. The normalized spacial score (nSPS) is 11.8. The molecule has 0 spiro atoms. The van der Waals surface area contributed by atoms with Gasteiger partial charge in [0, 0.05) is 13.2 Å². The van der Waals surface area contributed by atoms with Crippen LogP contribution in [0.5, 0.6) is 5.75 Å². The molecule has 0 aliphatic rings. The molecule has 92 valence electrons. The maximum Gasteiger partial charge on any atom is 0.165 e. The minimum Gasteiger partial charge on any atom is -0.488 e. The van der Waals surface area contributed by atoms with Gasteiger partial charge in [-0.15, -0.1) is 12.4 Å². The van der Waals surface area contributed by atoms with Crippen LogP contribution in [0.15, 0.2) is 18.2 Å². The van der Waals surface area contributed by atoms with E-state index in [4.69, 9.17) is 15.2 Å². The molecule has 0 aliphatic carbocycles. The van der Waals surface area contributed by atoms with Crippen LogP contribution in [0.3, 0.4) is 0 Å². The molecule has 3 nitrogen and oxygen atoms in total. The average molecular weight is 250 g/mol. The molecule has 0 saturated carbocycles. The first-order chi connectivity index (χ1) is 7.15. The highest BCUT2D eigenvalue weighted by Crippen LogP contribution is 2.20. The van der Waals surface area contributed by atoms with Crippen molar-refractivity contribution in [3.05, 3.63) is 29.6 Å². The number of hydrogen-bond acceptors (Lipinski definition) is 3. The molecule has 0 bridgehead atoms. The zero-order valence-electron chi connectivity index (χ0n) is 9.40. The van der Waals surface area contributed by atoms with Crippen molar-refractivity contribution in [1.82, 2.24) is 0 Å². The lowest BCUT2D eigenvalue weighted by Gasteiger charge is -2.09. The van der Waals surface area contributed by atoms with E-state index >= 15 is 0 Å². The molecule has 5 heteroatoms. The number of methoxy groups -OCH3 is 1. The summed E-state index contributed by atoms with van der Waals surface area (Å²) < 4.78 is 23.4. The van der Waals surface area contributed by atoms with Crippen LogP contribution in [0.25, 0.3) is 0 Å². The van der Waals surface area contributed by atoms with E-state index in [-0.39, 0.29) is 30.0 Å². The number of halogens is 2. The number of benzene rings is 1. The van der Waals surface area contributed by atoms with E-state index in [9.17, 15) is 4.39 Å². The minimum atomic E-state index is -0.388. The lowest BCUT2D eigenvalue weighted by atomic mass is 10.1. The SMILES string of the molecule is COCCOc1ccc(C(C)N)cc1F.Cl. The summed E-state index contributed by atoms with van der Waals surface area (Å²) in [6, 6.07) is 4.57. The molecule has 0 saturated heterocycles. The maximum atomic E-state index is 13.4. The van der Waals surface area contributed by atoms with Crippen molar-refractivity contribution in [3.63, 3.8) is 0 Å². The van der Waals surface area contributed by atoms with E-state index in [0.29, 0.717) is 13.2 Å². The molecule has 0 radical (unpaired) electrons. The molecule has 1 unspecified atom stereocenters. The molecule has 2 N–H and O–H groups in total. The zero-order chi connectivity index (χ0) is 11.3. The summed E-state index contributed by atoms with van der Waals surface area (Å²) in [6.45, 7) is 2.58. The molecule has 0 heterocycles. The highest BCUT2D eigenvalue weighted by molar-refractivity contribution is 5.85. The van der Waals surface area contributed by atoms with Crippen molar-refractivity contribution in [2.75, 3.05) is 20.3 Å².